The third-order valence-electron chi connectivity index (χ3n) is 3.33. The molecule has 0 saturated carbocycles. The van der Waals surface area contributed by atoms with Gasteiger partial charge in [-0.2, -0.15) is 0 Å². The van der Waals surface area contributed by atoms with Crippen LogP contribution in [0, 0.1) is 6.92 Å². The molecule has 18 heavy (non-hydrogen) atoms. The molecule has 0 aromatic carbocycles. The third-order valence-corrected chi connectivity index (χ3v) is 3.62. The van der Waals surface area contributed by atoms with Gasteiger partial charge in [0.15, 0.2) is 0 Å². The molecule has 5 heteroatoms. The van der Waals surface area contributed by atoms with Gasteiger partial charge in [-0.1, -0.05) is 0 Å². The van der Waals surface area contributed by atoms with E-state index in [0.717, 1.165) is 36.7 Å². The average molecular weight is 263 g/mol. The molecule has 0 fully saturated rings. The minimum Gasteiger partial charge on any atom is -0.362 e. The van der Waals surface area contributed by atoms with Gasteiger partial charge in [0, 0.05) is 48.6 Å². The van der Waals surface area contributed by atoms with E-state index in [-0.39, 0.29) is 0 Å². The molecule has 0 saturated heterocycles. The smallest absolute Gasteiger partial charge is 0.128 e. The SMILES string of the molecule is Cc1cc(N2CCn3ccnc3C2)c(CCl)cn1. The van der Waals surface area contributed by atoms with Crippen molar-refractivity contribution in [2.24, 2.45) is 0 Å². The van der Waals surface area contributed by atoms with Gasteiger partial charge in [-0.3, -0.25) is 4.98 Å². The molecule has 0 aliphatic carbocycles. The van der Waals surface area contributed by atoms with Crippen molar-refractivity contribution in [3.05, 3.63) is 41.7 Å². The lowest BCUT2D eigenvalue weighted by molar-refractivity contribution is 0.559. The Morgan fingerprint density at radius 3 is 3.06 bits per heavy atom. The molecule has 3 rings (SSSR count). The number of rotatable bonds is 2. The lowest BCUT2D eigenvalue weighted by atomic mass is 10.2. The number of nitrogens with zero attached hydrogens (tertiary/aromatic N) is 4. The van der Waals surface area contributed by atoms with Crippen LogP contribution < -0.4 is 4.90 Å². The Kier molecular flexibility index (Phi) is 2.96. The number of pyridine rings is 1. The van der Waals surface area contributed by atoms with E-state index in [1.165, 1.54) is 5.69 Å². The van der Waals surface area contributed by atoms with Crippen LogP contribution in [0.5, 0.6) is 0 Å². The molecule has 0 radical (unpaired) electrons. The topological polar surface area (TPSA) is 34.0 Å². The molecular formula is C13H15ClN4. The molecule has 0 spiro atoms. The molecule has 0 N–H and O–H groups in total. The summed E-state index contributed by atoms with van der Waals surface area (Å²) in [7, 11) is 0. The molecule has 2 aromatic heterocycles. The van der Waals surface area contributed by atoms with Crippen molar-refractivity contribution in [1.29, 1.82) is 0 Å². The normalized spacial score (nSPS) is 14.7. The largest absolute Gasteiger partial charge is 0.362 e. The minimum atomic E-state index is 0.494. The molecule has 94 valence electrons. The van der Waals surface area contributed by atoms with E-state index in [2.05, 4.69) is 25.5 Å². The van der Waals surface area contributed by atoms with Crippen molar-refractivity contribution < 1.29 is 0 Å². The average Bonchev–Trinajstić information content (AvgIpc) is 2.85. The van der Waals surface area contributed by atoms with Gasteiger partial charge in [0.2, 0.25) is 0 Å². The van der Waals surface area contributed by atoms with Crippen molar-refractivity contribution in [3.63, 3.8) is 0 Å². The number of halogens is 1. The third kappa shape index (κ3) is 1.97. The molecule has 0 amide bonds. The lowest BCUT2D eigenvalue weighted by Crippen LogP contribution is -2.34. The van der Waals surface area contributed by atoms with Gasteiger partial charge in [-0.05, 0) is 13.0 Å². The minimum absolute atomic E-state index is 0.494. The maximum atomic E-state index is 6.00. The summed E-state index contributed by atoms with van der Waals surface area (Å²) in [4.78, 5) is 11.0. The van der Waals surface area contributed by atoms with E-state index in [1.54, 1.807) is 0 Å². The maximum absolute atomic E-state index is 6.00. The zero-order chi connectivity index (χ0) is 12.5. The van der Waals surface area contributed by atoms with Gasteiger partial charge in [-0.25, -0.2) is 4.98 Å². The first-order valence-electron chi connectivity index (χ1n) is 6.04. The Hall–Kier alpha value is -1.55. The fraction of sp³-hybridized carbons (Fsp3) is 0.385. The number of anilines is 1. The first kappa shape index (κ1) is 11.5. The zero-order valence-electron chi connectivity index (χ0n) is 10.3. The number of alkyl halides is 1. The summed E-state index contributed by atoms with van der Waals surface area (Å²) in [6.07, 6.45) is 5.77. The number of hydrogen-bond acceptors (Lipinski definition) is 3. The Balaban J connectivity index is 1.94. The van der Waals surface area contributed by atoms with Crippen molar-refractivity contribution in [2.75, 3.05) is 11.4 Å². The molecule has 4 nitrogen and oxygen atoms in total. The van der Waals surface area contributed by atoms with Crippen LogP contribution >= 0.6 is 11.6 Å². The van der Waals surface area contributed by atoms with E-state index in [0.29, 0.717) is 5.88 Å². The van der Waals surface area contributed by atoms with Crippen molar-refractivity contribution in [3.8, 4) is 0 Å². The van der Waals surface area contributed by atoms with Gasteiger partial charge >= 0.3 is 0 Å². The molecule has 0 bridgehead atoms. The Bertz CT molecular complexity index is 564. The maximum Gasteiger partial charge on any atom is 0.128 e. The summed E-state index contributed by atoms with van der Waals surface area (Å²) >= 11 is 6.00. The summed E-state index contributed by atoms with van der Waals surface area (Å²) in [6, 6.07) is 2.11. The second kappa shape index (κ2) is 4.61. The summed E-state index contributed by atoms with van der Waals surface area (Å²) in [5, 5.41) is 0. The molecule has 0 atom stereocenters. The van der Waals surface area contributed by atoms with Gasteiger partial charge in [-0.15, -0.1) is 11.6 Å². The van der Waals surface area contributed by atoms with Gasteiger partial charge in [0.05, 0.1) is 12.4 Å². The van der Waals surface area contributed by atoms with Crippen molar-refractivity contribution in [1.82, 2.24) is 14.5 Å². The second-order valence-corrected chi connectivity index (χ2v) is 4.81. The van der Waals surface area contributed by atoms with Crippen molar-refractivity contribution in [2.45, 2.75) is 25.9 Å². The van der Waals surface area contributed by atoms with Gasteiger partial charge in [0.25, 0.3) is 0 Å². The van der Waals surface area contributed by atoms with Gasteiger partial charge in [0.1, 0.15) is 5.82 Å². The number of hydrogen-bond donors (Lipinski definition) is 0. The molecule has 1 aliphatic rings. The van der Waals surface area contributed by atoms with Crippen LogP contribution in [0.15, 0.2) is 24.7 Å². The molecule has 2 aromatic rings. The summed E-state index contributed by atoms with van der Waals surface area (Å²) in [5.41, 5.74) is 3.29. The van der Waals surface area contributed by atoms with Crippen LogP contribution in [0.2, 0.25) is 0 Å². The second-order valence-electron chi connectivity index (χ2n) is 4.55. The number of fused-ring (bicyclic) bond motifs is 1. The Labute approximate surface area is 111 Å². The highest BCUT2D eigenvalue weighted by atomic mass is 35.5. The number of aromatic nitrogens is 3. The Morgan fingerprint density at radius 1 is 1.33 bits per heavy atom. The standard InChI is InChI=1S/C13H15ClN4/c1-10-6-12(11(7-14)8-16-10)18-5-4-17-3-2-15-13(17)9-18/h2-3,6,8H,4-5,7,9H2,1H3. The van der Waals surface area contributed by atoms with E-state index in [1.807, 2.05) is 25.5 Å². The fourth-order valence-corrected chi connectivity index (χ4v) is 2.56. The van der Waals surface area contributed by atoms with Crippen molar-refractivity contribution >= 4 is 17.3 Å². The summed E-state index contributed by atoms with van der Waals surface area (Å²) in [6.45, 7) is 4.79. The van der Waals surface area contributed by atoms with E-state index in [9.17, 15) is 0 Å². The monoisotopic (exact) mass is 262 g/mol. The van der Waals surface area contributed by atoms with Crippen LogP contribution in [0.25, 0.3) is 0 Å². The Morgan fingerprint density at radius 2 is 2.22 bits per heavy atom. The predicted octanol–water partition coefficient (Wildman–Crippen LogP) is 2.35. The first-order chi connectivity index (χ1) is 8.78. The quantitative estimate of drug-likeness (QED) is 0.779. The van der Waals surface area contributed by atoms with Crippen LogP contribution in [-0.4, -0.2) is 21.1 Å². The molecule has 3 heterocycles. The number of aryl methyl sites for hydroxylation is 1. The number of imidazole rings is 1. The van der Waals surface area contributed by atoms with Crippen LogP contribution in [0.1, 0.15) is 17.1 Å². The van der Waals surface area contributed by atoms with E-state index in [4.69, 9.17) is 11.6 Å². The molecule has 0 unspecified atom stereocenters. The molecule has 1 aliphatic heterocycles. The van der Waals surface area contributed by atoms with E-state index < -0.39 is 0 Å². The van der Waals surface area contributed by atoms with Gasteiger partial charge < -0.3 is 9.47 Å². The highest BCUT2D eigenvalue weighted by molar-refractivity contribution is 6.17. The fourth-order valence-electron chi connectivity index (χ4n) is 2.35. The van der Waals surface area contributed by atoms with E-state index >= 15 is 0 Å². The lowest BCUT2D eigenvalue weighted by Gasteiger charge is -2.31. The van der Waals surface area contributed by atoms with Crippen LogP contribution in [0.3, 0.4) is 0 Å². The van der Waals surface area contributed by atoms with Crippen LogP contribution in [0.4, 0.5) is 5.69 Å². The summed E-state index contributed by atoms with van der Waals surface area (Å²) < 4.78 is 2.20. The highest BCUT2D eigenvalue weighted by Crippen LogP contribution is 2.25. The molecular weight excluding hydrogens is 248 g/mol. The van der Waals surface area contributed by atoms with Crippen LogP contribution in [-0.2, 0) is 19.0 Å². The first-order valence-corrected chi connectivity index (χ1v) is 6.58. The predicted molar refractivity (Wildman–Crippen MR) is 71.8 cm³/mol. The summed E-state index contributed by atoms with van der Waals surface area (Å²) in [5.74, 6) is 1.60. The zero-order valence-corrected chi connectivity index (χ0v) is 11.1. The highest BCUT2D eigenvalue weighted by Gasteiger charge is 2.19.